The fourth-order valence-electron chi connectivity index (χ4n) is 2.05. The highest BCUT2D eigenvalue weighted by Gasteiger charge is 2.12. The molecule has 5 heteroatoms. The monoisotopic (exact) mass is 337 g/mol. The SMILES string of the molecule is Fc1ccc(CNCc2ccc3c(c2)OCO3)cc1Br. The number of ether oxygens (including phenoxy) is 2. The quantitative estimate of drug-likeness (QED) is 0.924. The Kier molecular flexibility index (Phi) is 3.89. The van der Waals surface area contributed by atoms with Gasteiger partial charge in [0, 0.05) is 13.1 Å². The van der Waals surface area contributed by atoms with Crippen LogP contribution in [0, 0.1) is 5.82 Å². The molecule has 0 radical (unpaired) electrons. The van der Waals surface area contributed by atoms with Crippen molar-refractivity contribution in [3.8, 4) is 11.5 Å². The van der Waals surface area contributed by atoms with E-state index in [9.17, 15) is 4.39 Å². The molecule has 0 bridgehead atoms. The molecule has 0 amide bonds. The van der Waals surface area contributed by atoms with Crippen molar-refractivity contribution in [1.29, 1.82) is 0 Å². The van der Waals surface area contributed by atoms with Gasteiger partial charge in [-0.05, 0) is 51.3 Å². The Morgan fingerprint density at radius 2 is 1.70 bits per heavy atom. The van der Waals surface area contributed by atoms with Crippen molar-refractivity contribution in [3.63, 3.8) is 0 Å². The molecule has 3 rings (SSSR count). The zero-order valence-electron chi connectivity index (χ0n) is 10.7. The molecule has 0 aliphatic carbocycles. The van der Waals surface area contributed by atoms with Crippen LogP contribution < -0.4 is 14.8 Å². The van der Waals surface area contributed by atoms with Gasteiger partial charge < -0.3 is 14.8 Å². The molecule has 0 spiro atoms. The topological polar surface area (TPSA) is 30.5 Å². The van der Waals surface area contributed by atoms with Crippen molar-refractivity contribution >= 4 is 15.9 Å². The first kappa shape index (κ1) is 13.4. The molecule has 2 aromatic carbocycles. The molecule has 1 heterocycles. The Hall–Kier alpha value is -1.59. The van der Waals surface area contributed by atoms with Gasteiger partial charge >= 0.3 is 0 Å². The molecular formula is C15H13BrFNO2. The van der Waals surface area contributed by atoms with Gasteiger partial charge in [0.15, 0.2) is 11.5 Å². The predicted octanol–water partition coefficient (Wildman–Crippen LogP) is 3.61. The second kappa shape index (κ2) is 5.81. The molecule has 2 aromatic rings. The highest BCUT2D eigenvalue weighted by molar-refractivity contribution is 9.10. The standard InChI is InChI=1S/C15H13BrFNO2/c16-12-5-10(1-3-13(12)17)7-18-8-11-2-4-14-15(6-11)20-9-19-14/h1-6,18H,7-9H2. The first-order valence-corrected chi connectivity index (χ1v) is 7.05. The average molecular weight is 338 g/mol. The highest BCUT2D eigenvalue weighted by Crippen LogP contribution is 2.32. The number of hydrogen-bond acceptors (Lipinski definition) is 3. The predicted molar refractivity (Wildman–Crippen MR) is 77.2 cm³/mol. The summed E-state index contributed by atoms with van der Waals surface area (Å²) in [6, 6.07) is 10.9. The van der Waals surface area contributed by atoms with Crippen LogP contribution in [0.15, 0.2) is 40.9 Å². The lowest BCUT2D eigenvalue weighted by molar-refractivity contribution is 0.174. The molecule has 0 atom stereocenters. The maximum atomic E-state index is 13.1. The van der Waals surface area contributed by atoms with E-state index in [2.05, 4.69) is 21.2 Å². The largest absolute Gasteiger partial charge is 0.454 e. The van der Waals surface area contributed by atoms with E-state index >= 15 is 0 Å². The second-order valence-corrected chi connectivity index (χ2v) is 5.39. The summed E-state index contributed by atoms with van der Waals surface area (Å²) in [7, 11) is 0. The molecule has 3 nitrogen and oxygen atoms in total. The zero-order chi connectivity index (χ0) is 13.9. The van der Waals surface area contributed by atoms with E-state index in [0.29, 0.717) is 17.6 Å². The van der Waals surface area contributed by atoms with Crippen molar-refractivity contribution in [2.45, 2.75) is 13.1 Å². The second-order valence-electron chi connectivity index (χ2n) is 4.54. The summed E-state index contributed by atoms with van der Waals surface area (Å²) < 4.78 is 24.2. The summed E-state index contributed by atoms with van der Waals surface area (Å²) >= 11 is 3.18. The zero-order valence-corrected chi connectivity index (χ0v) is 12.2. The minimum absolute atomic E-state index is 0.246. The number of halogens is 2. The smallest absolute Gasteiger partial charge is 0.231 e. The van der Waals surface area contributed by atoms with Gasteiger partial charge in [-0.2, -0.15) is 0 Å². The highest BCUT2D eigenvalue weighted by atomic mass is 79.9. The van der Waals surface area contributed by atoms with E-state index in [-0.39, 0.29) is 12.6 Å². The van der Waals surface area contributed by atoms with Crippen LogP contribution in [0.4, 0.5) is 4.39 Å². The van der Waals surface area contributed by atoms with Crippen LogP contribution in [0.1, 0.15) is 11.1 Å². The van der Waals surface area contributed by atoms with Gasteiger partial charge in [0.05, 0.1) is 4.47 Å². The lowest BCUT2D eigenvalue weighted by Gasteiger charge is -2.07. The normalized spacial score (nSPS) is 12.7. The van der Waals surface area contributed by atoms with Gasteiger partial charge in [0.25, 0.3) is 0 Å². The van der Waals surface area contributed by atoms with Crippen molar-refractivity contribution in [2.24, 2.45) is 0 Å². The Bertz CT molecular complexity index is 633. The van der Waals surface area contributed by atoms with Crippen LogP contribution >= 0.6 is 15.9 Å². The number of fused-ring (bicyclic) bond motifs is 1. The molecule has 0 fully saturated rings. The third kappa shape index (κ3) is 2.94. The van der Waals surface area contributed by atoms with Gasteiger partial charge in [0.1, 0.15) is 5.82 Å². The van der Waals surface area contributed by atoms with Gasteiger partial charge in [-0.15, -0.1) is 0 Å². The minimum atomic E-state index is -0.246. The number of hydrogen-bond donors (Lipinski definition) is 1. The Balaban J connectivity index is 1.58. The molecule has 0 saturated carbocycles. The first-order valence-electron chi connectivity index (χ1n) is 6.25. The van der Waals surface area contributed by atoms with Crippen LogP contribution in [0.5, 0.6) is 11.5 Å². The average Bonchev–Trinajstić information content (AvgIpc) is 2.90. The van der Waals surface area contributed by atoms with E-state index in [1.54, 1.807) is 12.1 Å². The fourth-order valence-corrected chi connectivity index (χ4v) is 2.48. The van der Waals surface area contributed by atoms with E-state index in [1.165, 1.54) is 6.07 Å². The molecule has 0 aromatic heterocycles. The van der Waals surface area contributed by atoms with Crippen molar-refractivity contribution < 1.29 is 13.9 Å². The van der Waals surface area contributed by atoms with Gasteiger partial charge in [-0.25, -0.2) is 4.39 Å². The van der Waals surface area contributed by atoms with Crippen molar-refractivity contribution in [3.05, 3.63) is 57.8 Å². The molecule has 0 saturated heterocycles. The molecule has 20 heavy (non-hydrogen) atoms. The third-order valence-electron chi connectivity index (χ3n) is 3.08. The number of rotatable bonds is 4. The van der Waals surface area contributed by atoms with E-state index < -0.39 is 0 Å². The van der Waals surface area contributed by atoms with Gasteiger partial charge in [-0.1, -0.05) is 12.1 Å². The molecule has 1 aliphatic rings. The van der Waals surface area contributed by atoms with Crippen molar-refractivity contribution in [2.75, 3.05) is 6.79 Å². The Labute approximate surface area is 124 Å². The molecule has 1 aliphatic heterocycles. The molecule has 1 N–H and O–H groups in total. The van der Waals surface area contributed by atoms with Crippen LogP contribution in [-0.2, 0) is 13.1 Å². The van der Waals surface area contributed by atoms with E-state index in [0.717, 1.165) is 22.6 Å². The number of nitrogens with one attached hydrogen (secondary N) is 1. The Morgan fingerprint density at radius 1 is 1.00 bits per heavy atom. The first-order chi connectivity index (χ1) is 9.72. The van der Waals surface area contributed by atoms with Crippen LogP contribution in [0.25, 0.3) is 0 Å². The number of benzene rings is 2. The van der Waals surface area contributed by atoms with Crippen LogP contribution in [0.3, 0.4) is 0 Å². The summed E-state index contributed by atoms with van der Waals surface area (Å²) in [5.74, 6) is 1.33. The summed E-state index contributed by atoms with van der Waals surface area (Å²) in [6.07, 6.45) is 0. The fraction of sp³-hybridized carbons (Fsp3) is 0.200. The molecular weight excluding hydrogens is 325 g/mol. The maximum absolute atomic E-state index is 13.1. The summed E-state index contributed by atoms with van der Waals surface area (Å²) in [4.78, 5) is 0. The van der Waals surface area contributed by atoms with Crippen LogP contribution in [0.2, 0.25) is 0 Å². The lowest BCUT2D eigenvalue weighted by atomic mass is 10.2. The maximum Gasteiger partial charge on any atom is 0.231 e. The van der Waals surface area contributed by atoms with Gasteiger partial charge in [0.2, 0.25) is 6.79 Å². The Morgan fingerprint density at radius 3 is 2.50 bits per heavy atom. The summed E-state index contributed by atoms with van der Waals surface area (Å²) in [5, 5.41) is 3.32. The minimum Gasteiger partial charge on any atom is -0.454 e. The van der Waals surface area contributed by atoms with Crippen LogP contribution in [-0.4, -0.2) is 6.79 Å². The van der Waals surface area contributed by atoms with Crippen molar-refractivity contribution in [1.82, 2.24) is 5.32 Å². The summed E-state index contributed by atoms with van der Waals surface area (Å²) in [5.41, 5.74) is 2.15. The van der Waals surface area contributed by atoms with E-state index in [4.69, 9.17) is 9.47 Å². The molecule has 0 unspecified atom stereocenters. The lowest BCUT2D eigenvalue weighted by Crippen LogP contribution is -2.12. The van der Waals surface area contributed by atoms with E-state index in [1.807, 2.05) is 18.2 Å². The third-order valence-corrected chi connectivity index (χ3v) is 3.69. The van der Waals surface area contributed by atoms with Gasteiger partial charge in [-0.3, -0.25) is 0 Å². The molecule has 104 valence electrons. The summed E-state index contributed by atoms with van der Waals surface area (Å²) in [6.45, 7) is 1.68.